The molecule has 1 atom stereocenters. The van der Waals surface area contributed by atoms with Crippen molar-refractivity contribution in [2.75, 3.05) is 17.1 Å². The highest BCUT2D eigenvalue weighted by Crippen LogP contribution is 2.34. The normalized spacial score (nSPS) is 16.9. The highest BCUT2D eigenvalue weighted by molar-refractivity contribution is 7.92. The van der Waals surface area contributed by atoms with Crippen LogP contribution in [0.4, 0.5) is 5.69 Å². The Morgan fingerprint density at radius 1 is 1.33 bits per heavy atom. The van der Waals surface area contributed by atoms with Crippen molar-refractivity contribution in [2.24, 2.45) is 0 Å². The molecular weight excluding hydrogens is 330 g/mol. The van der Waals surface area contributed by atoms with Crippen LogP contribution in [-0.2, 0) is 21.4 Å². The van der Waals surface area contributed by atoms with Gasteiger partial charge in [0, 0.05) is 18.9 Å². The van der Waals surface area contributed by atoms with Gasteiger partial charge in [-0.05, 0) is 23.8 Å². The van der Waals surface area contributed by atoms with Crippen LogP contribution in [0.3, 0.4) is 0 Å². The van der Waals surface area contributed by atoms with Crippen molar-refractivity contribution in [1.82, 2.24) is 10.3 Å². The van der Waals surface area contributed by atoms with E-state index in [1.807, 2.05) is 6.07 Å². The largest absolute Gasteiger partial charge is 0.476 e. The van der Waals surface area contributed by atoms with E-state index in [0.29, 0.717) is 18.0 Å². The number of carbonyl (C=O) groups excluding carboxylic acids is 1. The lowest BCUT2D eigenvalue weighted by Gasteiger charge is -2.33. The van der Waals surface area contributed by atoms with E-state index in [-0.39, 0.29) is 12.5 Å². The third-order valence-electron chi connectivity index (χ3n) is 3.62. The lowest BCUT2D eigenvalue weighted by atomic mass is 10.2. The number of carbonyl (C=O) groups is 1. The first-order valence-corrected chi connectivity index (χ1v) is 9.20. The summed E-state index contributed by atoms with van der Waals surface area (Å²) in [6.45, 7) is 0.238. The number of sulfonamides is 1. The van der Waals surface area contributed by atoms with Crippen molar-refractivity contribution < 1.29 is 17.9 Å². The Kier molecular flexibility index (Phi) is 4.39. The van der Waals surface area contributed by atoms with Gasteiger partial charge in [-0.25, -0.2) is 8.42 Å². The van der Waals surface area contributed by atoms with Gasteiger partial charge in [-0.15, -0.1) is 0 Å². The molecule has 0 radical (unpaired) electrons. The second kappa shape index (κ2) is 6.48. The third kappa shape index (κ3) is 3.48. The summed E-state index contributed by atoms with van der Waals surface area (Å²) < 4.78 is 30.9. The molecule has 2 heterocycles. The summed E-state index contributed by atoms with van der Waals surface area (Å²) in [5.41, 5.74) is 1.29. The number of benzene rings is 1. The highest BCUT2D eigenvalue weighted by atomic mass is 32.2. The molecular formula is C16H17N3O4S. The second-order valence-electron chi connectivity index (χ2n) is 5.45. The van der Waals surface area contributed by atoms with E-state index in [9.17, 15) is 13.2 Å². The third-order valence-corrected chi connectivity index (χ3v) is 4.76. The van der Waals surface area contributed by atoms with Crippen LogP contribution in [0.2, 0.25) is 0 Å². The first kappa shape index (κ1) is 16.3. The van der Waals surface area contributed by atoms with Crippen LogP contribution in [0.15, 0.2) is 48.8 Å². The first-order chi connectivity index (χ1) is 11.4. The van der Waals surface area contributed by atoms with Crippen molar-refractivity contribution >= 4 is 21.6 Å². The summed E-state index contributed by atoms with van der Waals surface area (Å²) in [4.78, 5) is 16.4. The number of aromatic nitrogens is 1. The minimum absolute atomic E-state index is 0.0608. The number of hydrogen-bond donors (Lipinski definition) is 1. The van der Waals surface area contributed by atoms with Crippen LogP contribution in [-0.4, -0.2) is 38.2 Å². The van der Waals surface area contributed by atoms with Crippen molar-refractivity contribution in [2.45, 2.75) is 12.6 Å². The molecule has 0 spiro atoms. The van der Waals surface area contributed by atoms with E-state index < -0.39 is 16.1 Å². The number of para-hydroxylation sites is 2. The maximum Gasteiger partial charge on any atom is 0.263 e. The Morgan fingerprint density at radius 3 is 2.83 bits per heavy atom. The SMILES string of the molecule is CS(=O)(=O)N1C[C@@H](C(=O)NCc2cccnc2)Oc2ccccc21. The molecule has 1 aliphatic rings. The molecule has 1 aliphatic heterocycles. The summed E-state index contributed by atoms with van der Waals surface area (Å²) in [6.07, 6.45) is 3.50. The van der Waals surface area contributed by atoms with Crippen molar-refractivity contribution in [3.63, 3.8) is 0 Å². The van der Waals surface area contributed by atoms with Crippen LogP contribution in [0.1, 0.15) is 5.56 Å². The van der Waals surface area contributed by atoms with Crippen LogP contribution in [0.25, 0.3) is 0 Å². The van der Waals surface area contributed by atoms with E-state index in [1.54, 1.807) is 42.7 Å². The highest BCUT2D eigenvalue weighted by Gasteiger charge is 2.34. The van der Waals surface area contributed by atoms with Crippen molar-refractivity contribution in [1.29, 1.82) is 0 Å². The smallest absolute Gasteiger partial charge is 0.263 e. The molecule has 126 valence electrons. The molecule has 0 unspecified atom stereocenters. The first-order valence-electron chi connectivity index (χ1n) is 7.35. The summed E-state index contributed by atoms with van der Waals surface area (Å²) in [5, 5.41) is 2.75. The average Bonchev–Trinajstić information content (AvgIpc) is 2.58. The molecule has 1 N–H and O–H groups in total. The number of hydrogen-bond acceptors (Lipinski definition) is 5. The van der Waals surface area contributed by atoms with Gasteiger partial charge >= 0.3 is 0 Å². The van der Waals surface area contributed by atoms with Gasteiger partial charge in [0.2, 0.25) is 10.0 Å². The number of anilines is 1. The standard InChI is InChI=1S/C16H17N3O4S/c1-24(21,22)19-11-15(23-14-7-3-2-6-13(14)19)16(20)18-10-12-5-4-8-17-9-12/h2-9,15H,10-11H2,1H3,(H,18,20)/t15-/m0/s1. The quantitative estimate of drug-likeness (QED) is 0.889. The minimum Gasteiger partial charge on any atom is -0.476 e. The molecule has 0 saturated heterocycles. The lowest BCUT2D eigenvalue weighted by Crippen LogP contribution is -2.50. The predicted molar refractivity (Wildman–Crippen MR) is 89.1 cm³/mol. The Morgan fingerprint density at radius 2 is 2.12 bits per heavy atom. The van der Waals surface area contributed by atoms with Gasteiger partial charge in [-0.1, -0.05) is 18.2 Å². The molecule has 0 aliphatic carbocycles. The molecule has 8 heteroatoms. The van der Waals surface area contributed by atoms with E-state index >= 15 is 0 Å². The monoisotopic (exact) mass is 347 g/mol. The number of nitrogens with zero attached hydrogens (tertiary/aromatic N) is 2. The van der Waals surface area contributed by atoms with E-state index in [4.69, 9.17) is 4.74 Å². The molecule has 1 aromatic carbocycles. The molecule has 7 nitrogen and oxygen atoms in total. The Balaban J connectivity index is 1.76. The van der Waals surface area contributed by atoms with Gasteiger partial charge in [0.1, 0.15) is 5.75 Å². The fourth-order valence-corrected chi connectivity index (χ4v) is 3.37. The Labute approximate surface area is 140 Å². The summed E-state index contributed by atoms with van der Waals surface area (Å²) >= 11 is 0. The second-order valence-corrected chi connectivity index (χ2v) is 7.35. The fraction of sp³-hybridized carbons (Fsp3) is 0.250. The van der Waals surface area contributed by atoms with Gasteiger partial charge < -0.3 is 10.1 Å². The molecule has 1 aromatic heterocycles. The maximum absolute atomic E-state index is 12.4. The summed E-state index contributed by atoms with van der Waals surface area (Å²) in [7, 11) is -3.51. The zero-order valence-electron chi connectivity index (χ0n) is 13.0. The zero-order chi connectivity index (χ0) is 17.2. The molecule has 3 rings (SSSR count). The zero-order valence-corrected chi connectivity index (χ0v) is 13.9. The van der Waals surface area contributed by atoms with Crippen molar-refractivity contribution in [3.05, 3.63) is 54.4 Å². The lowest BCUT2D eigenvalue weighted by molar-refractivity contribution is -0.127. The Bertz CT molecular complexity index is 839. The van der Waals surface area contributed by atoms with E-state index in [1.165, 1.54) is 4.31 Å². The maximum atomic E-state index is 12.4. The number of fused-ring (bicyclic) bond motifs is 1. The van der Waals surface area contributed by atoms with E-state index in [2.05, 4.69) is 10.3 Å². The minimum atomic E-state index is -3.51. The van der Waals surface area contributed by atoms with Crippen LogP contribution >= 0.6 is 0 Å². The molecule has 0 saturated carbocycles. The number of rotatable bonds is 4. The molecule has 24 heavy (non-hydrogen) atoms. The van der Waals surface area contributed by atoms with Gasteiger partial charge in [0.05, 0.1) is 18.5 Å². The van der Waals surface area contributed by atoms with Crippen LogP contribution in [0, 0.1) is 0 Å². The van der Waals surface area contributed by atoms with Gasteiger partial charge in [-0.2, -0.15) is 0 Å². The van der Waals surface area contributed by atoms with E-state index in [0.717, 1.165) is 11.8 Å². The predicted octanol–water partition coefficient (Wildman–Crippen LogP) is 0.925. The Hall–Kier alpha value is -2.61. The molecule has 0 bridgehead atoms. The summed E-state index contributed by atoms with van der Waals surface area (Å²) in [5.74, 6) is -0.00212. The average molecular weight is 347 g/mol. The summed E-state index contributed by atoms with van der Waals surface area (Å²) in [6, 6.07) is 10.4. The number of ether oxygens (including phenoxy) is 1. The fourth-order valence-electron chi connectivity index (χ4n) is 2.46. The number of pyridine rings is 1. The van der Waals surface area contributed by atoms with Gasteiger partial charge in [-0.3, -0.25) is 14.1 Å². The molecule has 1 amide bonds. The molecule has 0 fully saturated rings. The number of amides is 1. The van der Waals surface area contributed by atoms with Gasteiger partial charge in [0.15, 0.2) is 6.10 Å². The van der Waals surface area contributed by atoms with Crippen LogP contribution < -0.4 is 14.4 Å². The topological polar surface area (TPSA) is 88.6 Å². The van der Waals surface area contributed by atoms with Crippen LogP contribution in [0.5, 0.6) is 5.75 Å². The molecule has 2 aromatic rings. The number of nitrogens with one attached hydrogen (secondary N) is 1. The van der Waals surface area contributed by atoms with Gasteiger partial charge in [0.25, 0.3) is 5.91 Å². The van der Waals surface area contributed by atoms with Crippen molar-refractivity contribution in [3.8, 4) is 5.75 Å².